The lowest BCUT2D eigenvalue weighted by Crippen LogP contribution is -2.12. The fourth-order valence-electron chi connectivity index (χ4n) is 1.21. The van der Waals surface area contributed by atoms with Crippen LogP contribution in [-0.4, -0.2) is 28.2 Å². The molecule has 1 atom stereocenters. The molecule has 1 aliphatic heterocycles. The van der Waals surface area contributed by atoms with Crippen LogP contribution in [-0.2, 0) is 9.59 Å². The first-order chi connectivity index (χ1) is 6.34. The van der Waals surface area contributed by atoms with Crippen LogP contribution in [0.25, 0.3) is 0 Å². The van der Waals surface area contributed by atoms with Gasteiger partial charge in [0.25, 0.3) is 0 Å². The number of carbonyl (C=O) groups excluding carboxylic acids is 2. The molecule has 0 saturated carbocycles. The molecule has 1 fully saturated rings. The minimum absolute atomic E-state index is 0.146. The molecule has 74 valence electrons. The molecular formula is C9H14O2S2. The van der Waals surface area contributed by atoms with Crippen LogP contribution in [0.3, 0.4) is 0 Å². The number of aldehydes is 1. The fraction of sp³-hybridized carbons (Fsp3) is 0.778. The molecular weight excluding hydrogens is 204 g/mol. The lowest BCUT2D eigenvalue weighted by molar-refractivity contribution is -0.111. The molecule has 0 aromatic rings. The zero-order valence-corrected chi connectivity index (χ0v) is 9.16. The van der Waals surface area contributed by atoms with Gasteiger partial charge in [-0.15, -0.1) is 11.8 Å². The number of carbonyl (C=O) groups is 2. The second kappa shape index (κ2) is 6.49. The molecule has 1 rings (SSSR count). The lowest BCUT2D eigenvalue weighted by Gasteiger charge is -2.09. The van der Waals surface area contributed by atoms with E-state index in [1.807, 2.05) is 0 Å². The number of unbranched alkanes of at least 4 members (excludes halogenated alkanes) is 1. The molecule has 13 heavy (non-hydrogen) atoms. The summed E-state index contributed by atoms with van der Waals surface area (Å²) >= 11 is 3.21. The van der Waals surface area contributed by atoms with E-state index in [9.17, 15) is 9.59 Å². The number of hydrogen-bond donors (Lipinski definition) is 0. The zero-order valence-electron chi connectivity index (χ0n) is 7.53. The Morgan fingerprint density at radius 1 is 1.46 bits per heavy atom. The Labute approximate surface area is 87.2 Å². The van der Waals surface area contributed by atoms with Crippen LogP contribution in [0, 0.1) is 0 Å². The van der Waals surface area contributed by atoms with Gasteiger partial charge >= 0.3 is 0 Å². The second-order valence-electron chi connectivity index (χ2n) is 2.98. The SMILES string of the molecule is O=CCCCC1SCCCSC1=O. The second-order valence-corrected chi connectivity index (χ2v) is 5.39. The van der Waals surface area contributed by atoms with Crippen LogP contribution in [0.5, 0.6) is 0 Å². The smallest absolute Gasteiger partial charge is 0.201 e. The normalized spacial score (nSPS) is 24.0. The van der Waals surface area contributed by atoms with Gasteiger partial charge in [0.2, 0.25) is 5.12 Å². The van der Waals surface area contributed by atoms with E-state index in [0.717, 1.165) is 37.1 Å². The van der Waals surface area contributed by atoms with Gasteiger partial charge in [0, 0.05) is 12.2 Å². The highest BCUT2D eigenvalue weighted by Crippen LogP contribution is 2.28. The molecule has 2 nitrogen and oxygen atoms in total. The van der Waals surface area contributed by atoms with Gasteiger partial charge in [0.1, 0.15) is 6.29 Å². The number of hydrogen-bond acceptors (Lipinski definition) is 4. The van der Waals surface area contributed by atoms with E-state index < -0.39 is 0 Å². The predicted octanol–water partition coefficient (Wildman–Crippen LogP) is 2.12. The largest absolute Gasteiger partial charge is 0.303 e. The molecule has 1 aliphatic rings. The van der Waals surface area contributed by atoms with E-state index in [4.69, 9.17) is 0 Å². The Bertz CT molecular complexity index is 182. The van der Waals surface area contributed by atoms with Crippen LogP contribution in [0.2, 0.25) is 0 Å². The summed E-state index contributed by atoms with van der Waals surface area (Å²) in [5.74, 6) is 2.06. The van der Waals surface area contributed by atoms with Crippen molar-refractivity contribution in [2.24, 2.45) is 0 Å². The van der Waals surface area contributed by atoms with Crippen molar-refractivity contribution < 1.29 is 9.59 Å². The fourth-order valence-corrected chi connectivity index (χ4v) is 3.66. The van der Waals surface area contributed by atoms with Crippen molar-refractivity contribution in [3.8, 4) is 0 Å². The Kier molecular flexibility index (Phi) is 5.55. The van der Waals surface area contributed by atoms with Gasteiger partial charge in [-0.25, -0.2) is 0 Å². The third-order valence-electron chi connectivity index (χ3n) is 1.90. The van der Waals surface area contributed by atoms with Gasteiger partial charge in [0.05, 0.1) is 5.25 Å². The highest BCUT2D eigenvalue weighted by atomic mass is 32.2. The van der Waals surface area contributed by atoms with Gasteiger partial charge in [-0.05, 0) is 25.0 Å². The highest BCUT2D eigenvalue weighted by Gasteiger charge is 2.21. The van der Waals surface area contributed by atoms with Gasteiger partial charge in [-0.1, -0.05) is 11.8 Å². The zero-order chi connectivity index (χ0) is 9.52. The van der Waals surface area contributed by atoms with E-state index in [0.29, 0.717) is 11.5 Å². The molecule has 0 aromatic heterocycles. The quantitative estimate of drug-likeness (QED) is 0.535. The van der Waals surface area contributed by atoms with Crippen molar-refractivity contribution in [3.05, 3.63) is 0 Å². The monoisotopic (exact) mass is 218 g/mol. The van der Waals surface area contributed by atoms with Gasteiger partial charge in [-0.3, -0.25) is 4.79 Å². The molecule has 1 unspecified atom stereocenters. The van der Waals surface area contributed by atoms with E-state index in [2.05, 4.69) is 0 Å². The molecule has 0 aromatic carbocycles. The Balaban J connectivity index is 2.27. The number of thioether (sulfide) groups is 2. The summed E-state index contributed by atoms with van der Waals surface area (Å²) < 4.78 is 0. The van der Waals surface area contributed by atoms with Gasteiger partial charge in [-0.2, -0.15) is 0 Å². The lowest BCUT2D eigenvalue weighted by atomic mass is 10.2. The molecule has 0 N–H and O–H groups in total. The molecule has 0 bridgehead atoms. The Hall–Kier alpha value is 0.0400. The summed E-state index contributed by atoms with van der Waals surface area (Å²) in [5.41, 5.74) is 0. The van der Waals surface area contributed by atoms with Crippen LogP contribution >= 0.6 is 23.5 Å². The van der Waals surface area contributed by atoms with Crippen molar-refractivity contribution in [3.63, 3.8) is 0 Å². The van der Waals surface area contributed by atoms with Gasteiger partial charge in [0.15, 0.2) is 0 Å². The highest BCUT2D eigenvalue weighted by molar-refractivity contribution is 8.16. The van der Waals surface area contributed by atoms with Crippen LogP contribution in [0.1, 0.15) is 25.7 Å². The maximum Gasteiger partial charge on any atom is 0.201 e. The van der Waals surface area contributed by atoms with Crippen LogP contribution < -0.4 is 0 Å². The first kappa shape index (κ1) is 11.1. The standard InChI is InChI=1S/C9H14O2S2/c10-5-2-1-4-8-9(11)13-7-3-6-12-8/h5,8H,1-4,6-7H2. The third-order valence-corrected chi connectivity index (χ3v) is 4.49. The average molecular weight is 218 g/mol. The predicted molar refractivity (Wildman–Crippen MR) is 58.2 cm³/mol. The van der Waals surface area contributed by atoms with E-state index >= 15 is 0 Å². The Morgan fingerprint density at radius 2 is 2.31 bits per heavy atom. The number of rotatable bonds is 4. The summed E-state index contributed by atoms with van der Waals surface area (Å²) in [4.78, 5) is 21.6. The first-order valence-corrected chi connectivity index (χ1v) is 6.60. The molecule has 0 amide bonds. The summed E-state index contributed by atoms with van der Waals surface area (Å²) in [6.07, 6.45) is 4.38. The maximum absolute atomic E-state index is 11.5. The third kappa shape index (κ3) is 4.18. The topological polar surface area (TPSA) is 34.1 Å². The van der Waals surface area contributed by atoms with Crippen LogP contribution in [0.15, 0.2) is 0 Å². The van der Waals surface area contributed by atoms with Crippen LogP contribution in [0.4, 0.5) is 0 Å². The summed E-state index contributed by atoms with van der Waals surface area (Å²) in [5, 5.41) is 0.459. The van der Waals surface area contributed by atoms with E-state index in [1.54, 1.807) is 11.8 Å². The average Bonchev–Trinajstić information content (AvgIpc) is 2.32. The van der Waals surface area contributed by atoms with Crippen molar-refractivity contribution in [2.45, 2.75) is 30.9 Å². The van der Waals surface area contributed by atoms with E-state index in [1.165, 1.54) is 11.8 Å². The molecule has 0 aliphatic carbocycles. The molecule has 1 saturated heterocycles. The minimum Gasteiger partial charge on any atom is -0.303 e. The molecule has 0 spiro atoms. The summed E-state index contributed by atoms with van der Waals surface area (Å²) in [6, 6.07) is 0. The minimum atomic E-state index is 0.146. The first-order valence-electron chi connectivity index (χ1n) is 4.56. The Morgan fingerprint density at radius 3 is 3.08 bits per heavy atom. The van der Waals surface area contributed by atoms with Crippen molar-refractivity contribution in [1.82, 2.24) is 0 Å². The van der Waals surface area contributed by atoms with E-state index in [-0.39, 0.29) is 5.25 Å². The van der Waals surface area contributed by atoms with Crippen molar-refractivity contribution >= 4 is 34.9 Å². The maximum atomic E-state index is 11.5. The van der Waals surface area contributed by atoms with Gasteiger partial charge < -0.3 is 4.79 Å². The molecule has 4 heteroatoms. The van der Waals surface area contributed by atoms with Crippen molar-refractivity contribution in [2.75, 3.05) is 11.5 Å². The molecule has 1 heterocycles. The molecule has 0 radical (unpaired) electrons. The van der Waals surface area contributed by atoms with Crippen molar-refractivity contribution in [1.29, 1.82) is 0 Å². The summed E-state index contributed by atoms with van der Waals surface area (Å²) in [7, 11) is 0. The summed E-state index contributed by atoms with van der Waals surface area (Å²) in [6.45, 7) is 0.